The molecule has 3 aromatic rings. The average molecular weight is 505 g/mol. The molecule has 0 saturated heterocycles. The molecule has 0 unspecified atom stereocenters. The van der Waals surface area contributed by atoms with Crippen molar-refractivity contribution in [3.05, 3.63) is 94.5 Å². The van der Waals surface area contributed by atoms with Crippen molar-refractivity contribution in [2.24, 2.45) is 0 Å². The zero-order chi connectivity index (χ0) is 23.4. The second-order valence-corrected chi connectivity index (χ2v) is 9.46. The van der Waals surface area contributed by atoms with Gasteiger partial charge in [-0.2, -0.15) is 0 Å². The molecule has 0 bridgehead atoms. The molecule has 1 heterocycles. The summed E-state index contributed by atoms with van der Waals surface area (Å²) >= 11 is 3.61. The first-order chi connectivity index (χ1) is 16.0. The molecule has 33 heavy (non-hydrogen) atoms. The van der Waals surface area contributed by atoms with Crippen LogP contribution < -0.4 is 9.80 Å². The highest BCUT2D eigenvalue weighted by Gasteiger charge is 2.38. The lowest BCUT2D eigenvalue weighted by Gasteiger charge is -2.43. The van der Waals surface area contributed by atoms with E-state index in [1.807, 2.05) is 82.6 Å². The van der Waals surface area contributed by atoms with E-state index in [1.54, 1.807) is 0 Å². The summed E-state index contributed by atoms with van der Waals surface area (Å²) in [6.45, 7) is 4.17. The Kier molecular flexibility index (Phi) is 7.29. The number of rotatable bonds is 6. The molecule has 5 heteroatoms. The van der Waals surface area contributed by atoms with E-state index in [0.717, 1.165) is 34.3 Å². The lowest BCUT2D eigenvalue weighted by atomic mass is 9.89. The lowest BCUT2D eigenvalue weighted by molar-refractivity contribution is -0.119. The van der Waals surface area contributed by atoms with Gasteiger partial charge in [-0.3, -0.25) is 9.59 Å². The fraction of sp³-hybridized carbons (Fsp3) is 0.286. The number of hydrogen-bond donors (Lipinski definition) is 0. The summed E-state index contributed by atoms with van der Waals surface area (Å²) in [5.41, 5.74) is 3.40. The van der Waals surface area contributed by atoms with Crippen LogP contribution in [0, 0.1) is 0 Å². The normalized spacial score (nSPS) is 17.4. The fourth-order valence-corrected chi connectivity index (χ4v) is 4.99. The Bertz CT molecular complexity index is 1120. The third-order valence-corrected chi connectivity index (χ3v) is 6.70. The van der Waals surface area contributed by atoms with Crippen LogP contribution >= 0.6 is 15.9 Å². The highest BCUT2D eigenvalue weighted by atomic mass is 79.9. The summed E-state index contributed by atoms with van der Waals surface area (Å²) < 4.78 is 0.932. The van der Waals surface area contributed by atoms with Gasteiger partial charge in [-0.1, -0.05) is 65.7 Å². The van der Waals surface area contributed by atoms with E-state index in [-0.39, 0.29) is 23.9 Å². The molecule has 1 aliphatic heterocycles. The maximum absolute atomic E-state index is 13.5. The van der Waals surface area contributed by atoms with Crippen molar-refractivity contribution >= 4 is 39.1 Å². The number of nitrogens with zero attached hydrogens (tertiary/aromatic N) is 2. The Morgan fingerprint density at radius 3 is 2.33 bits per heavy atom. The summed E-state index contributed by atoms with van der Waals surface area (Å²) in [4.78, 5) is 30.8. The molecule has 2 amide bonds. The number of hydrogen-bond acceptors (Lipinski definition) is 2. The molecule has 2 atom stereocenters. The molecule has 170 valence electrons. The minimum absolute atomic E-state index is 0.0197. The van der Waals surface area contributed by atoms with E-state index < -0.39 is 0 Å². The van der Waals surface area contributed by atoms with Crippen LogP contribution in [0.15, 0.2) is 83.3 Å². The van der Waals surface area contributed by atoms with Gasteiger partial charge in [-0.05, 0) is 67.8 Å². The molecule has 0 spiro atoms. The number of para-hydroxylation sites is 1. The molecular formula is C28H29BrN2O2. The molecule has 3 aromatic carbocycles. The van der Waals surface area contributed by atoms with Gasteiger partial charge in [-0.15, -0.1) is 0 Å². The minimum atomic E-state index is -0.154. The summed E-state index contributed by atoms with van der Waals surface area (Å²) in [5.74, 6) is 0.0997. The van der Waals surface area contributed by atoms with Gasteiger partial charge in [0.25, 0.3) is 5.91 Å². The quantitative estimate of drug-likeness (QED) is 0.357. The number of amides is 2. The van der Waals surface area contributed by atoms with Crippen LogP contribution in [0.3, 0.4) is 0 Å². The Hall–Kier alpha value is -2.92. The van der Waals surface area contributed by atoms with Gasteiger partial charge in [0.15, 0.2) is 0 Å². The number of unbranched alkanes of at least 4 members (excludes halogenated alkanes) is 1. The molecule has 4 rings (SSSR count). The van der Waals surface area contributed by atoms with Crippen molar-refractivity contribution in [3.63, 3.8) is 0 Å². The summed E-state index contributed by atoms with van der Waals surface area (Å²) in [5, 5.41) is 0. The van der Waals surface area contributed by atoms with Gasteiger partial charge in [0.2, 0.25) is 5.91 Å². The predicted molar refractivity (Wildman–Crippen MR) is 138 cm³/mol. The number of fused-ring (bicyclic) bond motifs is 1. The minimum Gasteiger partial charge on any atom is -0.305 e. The standard InChI is InChI=1S/C28H29BrN2O2/c1-3-4-15-27(32)31(23-13-9-6-10-14-23)26-18-20(2)30(25-17-16-22(29)19-24(25)26)28(33)21-11-7-5-8-12-21/h5-14,16-17,19-20,26H,3-4,15,18H2,1-2H3/t20-,26+/m1/s1. The predicted octanol–water partition coefficient (Wildman–Crippen LogP) is 7.15. The number of carbonyl (C=O) groups is 2. The smallest absolute Gasteiger partial charge is 0.258 e. The molecule has 0 saturated carbocycles. The largest absolute Gasteiger partial charge is 0.305 e. The van der Waals surface area contributed by atoms with Crippen LogP contribution in [0.5, 0.6) is 0 Å². The maximum atomic E-state index is 13.5. The molecule has 0 fully saturated rings. The van der Waals surface area contributed by atoms with Crippen LogP contribution in [0.4, 0.5) is 11.4 Å². The van der Waals surface area contributed by atoms with Gasteiger partial charge >= 0.3 is 0 Å². The number of benzene rings is 3. The second-order valence-electron chi connectivity index (χ2n) is 8.55. The summed E-state index contributed by atoms with van der Waals surface area (Å²) in [7, 11) is 0. The van der Waals surface area contributed by atoms with Crippen molar-refractivity contribution in [3.8, 4) is 0 Å². The van der Waals surface area contributed by atoms with Gasteiger partial charge in [0, 0.05) is 33.9 Å². The Morgan fingerprint density at radius 1 is 1.00 bits per heavy atom. The van der Waals surface area contributed by atoms with E-state index in [0.29, 0.717) is 18.4 Å². The van der Waals surface area contributed by atoms with Crippen molar-refractivity contribution in [2.45, 2.75) is 51.6 Å². The van der Waals surface area contributed by atoms with Crippen LogP contribution in [-0.2, 0) is 4.79 Å². The molecule has 0 aromatic heterocycles. The van der Waals surface area contributed by atoms with E-state index in [9.17, 15) is 9.59 Å². The van der Waals surface area contributed by atoms with Crippen LogP contribution in [-0.4, -0.2) is 17.9 Å². The number of anilines is 2. The molecule has 0 N–H and O–H groups in total. The Labute approximate surface area is 204 Å². The Balaban J connectivity index is 1.80. The monoisotopic (exact) mass is 504 g/mol. The second kappa shape index (κ2) is 10.3. The third-order valence-electron chi connectivity index (χ3n) is 6.21. The first-order valence-electron chi connectivity index (χ1n) is 11.6. The zero-order valence-corrected chi connectivity index (χ0v) is 20.7. The maximum Gasteiger partial charge on any atom is 0.258 e. The van der Waals surface area contributed by atoms with Gasteiger partial charge in [0.1, 0.15) is 0 Å². The lowest BCUT2D eigenvalue weighted by Crippen LogP contribution is -2.47. The molecule has 0 aliphatic carbocycles. The summed E-state index contributed by atoms with van der Waals surface area (Å²) in [6, 6.07) is 25.1. The zero-order valence-electron chi connectivity index (χ0n) is 19.1. The van der Waals surface area contributed by atoms with Crippen LogP contribution in [0.25, 0.3) is 0 Å². The average Bonchev–Trinajstić information content (AvgIpc) is 2.84. The van der Waals surface area contributed by atoms with Gasteiger partial charge in [-0.25, -0.2) is 0 Å². The van der Waals surface area contributed by atoms with Gasteiger partial charge < -0.3 is 9.80 Å². The van der Waals surface area contributed by atoms with Crippen molar-refractivity contribution < 1.29 is 9.59 Å². The fourth-order valence-electron chi connectivity index (χ4n) is 4.61. The topological polar surface area (TPSA) is 40.6 Å². The Morgan fingerprint density at radius 2 is 1.67 bits per heavy atom. The van der Waals surface area contributed by atoms with Crippen LogP contribution in [0.1, 0.15) is 61.5 Å². The first-order valence-corrected chi connectivity index (χ1v) is 12.4. The van der Waals surface area contributed by atoms with Crippen LogP contribution in [0.2, 0.25) is 0 Å². The third kappa shape index (κ3) is 4.88. The van der Waals surface area contributed by atoms with E-state index in [2.05, 4.69) is 35.8 Å². The molecule has 4 nitrogen and oxygen atoms in total. The highest BCUT2D eigenvalue weighted by Crippen LogP contribution is 2.44. The van der Waals surface area contributed by atoms with Crippen molar-refractivity contribution in [1.82, 2.24) is 0 Å². The molecule has 0 radical (unpaired) electrons. The first kappa shape index (κ1) is 23.2. The number of carbonyl (C=O) groups excluding carboxylic acids is 2. The number of halogens is 1. The van der Waals surface area contributed by atoms with Gasteiger partial charge in [0.05, 0.1) is 6.04 Å². The van der Waals surface area contributed by atoms with Crippen molar-refractivity contribution in [2.75, 3.05) is 9.80 Å². The van der Waals surface area contributed by atoms with E-state index in [1.165, 1.54) is 0 Å². The van der Waals surface area contributed by atoms with E-state index in [4.69, 9.17) is 0 Å². The SMILES string of the molecule is CCCCC(=O)N(c1ccccc1)[C@H]1C[C@@H](C)N(C(=O)c2ccccc2)c2ccc(Br)cc21. The summed E-state index contributed by atoms with van der Waals surface area (Å²) in [6.07, 6.45) is 2.99. The molecular weight excluding hydrogens is 476 g/mol. The van der Waals surface area contributed by atoms with Crippen molar-refractivity contribution in [1.29, 1.82) is 0 Å². The molecule has 1 aliphatic rings. The van der Waals surface area contributed by atoms with E-state index >= 15 is 0 Å². The highest BCUT2D eigenvalue weighted by molar-refractivity contribution is 9.10.